The molecule has 0 atom stereocenters. The molecule has 2 N–H and O–H groups in total. The molecule has 5 heteroatoms. The fourth-order valence-electron chi connectivity index (χ4n) is 3.80. The number of hydrogen-bond acceptors (Lipinski definition) is 3. The summed E-state index contributed by atoms with van der Waals surface area (Å²) in [6.45, 7) is 3.60. The first-order chi connectivity index (χ1) is 12.2. The van der Waals surface area contributed by atoms with Crippen LogP contribution in [0.5, 0.6) is 0 Å². The van der Waals surface area contributed by atoms with Crippen molar-refractivity contribution in [3.05, 3.63) is 35.9 Å². The van der Waals surface area contributed by atoms with E-state index in [1.54, 1.807) is 0 Å². The van der Waals surface area contributed by atoms with Crippen LogP contribution in [0.3, 0.4) is 0 Å². The summed E-state index contributed by atoms with van der Waals surface area (Å²) in [6, 6.07) is 9.63. The molecule has 5 nitrogen and oxygen atoms in total. The lowest BCUT2D eigenvalue weighted by molar-refractivity contribution is -0.122. The van der Waals surface area contributed by atoms with E-state index in [1.165, 1.54) is 12.8 Å². The highest BCUT2D eigenvalue weighted by molar-refractivity contribution is 5.94. The average Bonchev–Trinajstić information content (AvgIpc) is 2.68. The van der Waals surface area contributed by atoms with E-state index < -0.39 is 0 Å². The summed E-state index contributed by atoms with van der Waals surface area (Å²) in [5.41, 5.74) is 0.743. The van der Waals surface area contributed by atoms with Crippen molar-refractivity contribution in [1.82, 2.24) is 15.5 Å². The van der Waals surface area contributed by atoms with Crippen LogP contribution in [0, 0.1) is 5.92 Å². The highest BCUT2D eigenvalue weighted by atomic mass is 16.2. The predicted molar refractivity (Wildman–Crippen MR) is 98.3 cm³/mol. The van der Waals surface area contributed by atoms with Crippen LogP contribution < -0.4 is 10.6 Å². The van der Waals surface area contributed by atoms with Crippen molar-refractivity contribution in [3.63, 3.8) is 0 Å². The molecule has 1 aromatic rings. The second-order valence-corrected chi connectivity index (χ2v) is 7.23. The Hall–Kier alpha value is -1.88. The molecule has 2 aliphatic heterocycles. The highest BCUT2D eigenvalue weighted by Gasteiger charge is 2.24. The zero-order valence-corrected chi connectivity index (χ0v) is 14.9. The zero-order valence-electron chi connectivity index (χ0n) is 14.9. The molecule has 2 heterocycles. The Morgan fingerprint density at radius 3 is 2.40 bits per heavy atom. The van der Waals surface area contributed by atoms with Crippen LogP contribution in [-0.2, 0) is 4.79 Å². The number of nitrogens with one attached hydrogen (secondary N) is 2. The van der Waals surface area contributed by atoms with Crippen molar-refractivity contribution in [1.29, 1.82) is 0 Å². The Morgan fingerprint density at radius 2 is 1.72 bits per heavy atom. The van der Waals surface area contributed by atoms with E-state index in [-0.39, 0.29) is 17.9 Å². The van der Waals surface area contributed by atoms with Gasteiger partial charge in [0.1, 0.15) is 0 Å². The highest BCUT2D eigenvalue weighted by Crippen LogP contribution is 2.18. The molecule has 2 amide bonds. The quantitative estimate of drug-likeness (QED) is 0.861. The molecule has 2 fully saturated rings. The van der Waals surface area contributed by atoms with Crippen LogP contribution >= 0.6 is 0 Å². The number of rotatable bonds is 5. The second-order valence-electron chi connectivity index (χ2n) is 7.23. The number of carbonyl (C=O) groups excluding carboxylic acids is 2. The van der Waals surface area contributed by atoms with Gasteiger partial charge in [-0.05, 0) is 63.2 Å². The third kappa shape index (κ3) is 5.30. The van der Waals surface area contributed by atoms with E-state index in [9.17, 15) is 9.59 Å². The lowest BCUT2D eigenvalue weighted by Crippen LogP contribution is -2.46. The van der Waals surface area contributed by atoms with Crippen molar-refractivity contribution in [2.24, 2.45) is 5.92 Å². The molecule has 0 spiro atoms. The van der Waals surface area contributed by atoms with Crippen LogP contribution in [0.15, 0.2) is 30.3 Å². The van der Waals surface area contributed by atoms with Gasteiger partial charge in [0.2, 0.25) is 5.91 Å². The minimum atomic E-state index is 0.0938. The molecule has 3 rings (SSSR count). The minimum absolute atomic E-state index is 0.0938. The van der Waals surface area contributed by atoms with Gasteiger partial charge in [0.05, 0.1) is 0 Å². The fourth-order valence-corrected chi connectivity index (χ4v) is 3.80. The molecule has 0 unspecified atom stereocenters. The van der Waals surface area contributed by atoms with E-state index in [4.69, 9.17) is 0 Å². The van der Waals surface area contributed by atoms with Gasteiger partial charge >= 0.3 is 0 Å². The number of hydrogen-bond donors (Lipinski definition) is 2. The van der Waals surface area contributed by atoms with Crippen LogP contribution in [-0.4, -0.2) is 48.9 Å². The van der Waals surface area contributed by atoms with Gasteiger partial charge in [-0.15, -0.1) is 0 Å². The third-order valence-electron chi connectivity index (χ3n) is 5.41. The van der Waals surface area contributed by atoms with Crippen molar-refractivity contribution in [3.8, 4) is 0 Å². The van der Waals surface area contributed by atoms with E-state index in [0.717, 1.165) is 37.9 Å². The molecule has 2 aliphatic rings. The van der Waals surface area contributed by atoms with E-state index in [1.807, 2.05) is 35.2 Å². The Bertz CT molecular complexity index is 562. The molecular formula is C20H29N3O2. The molecular weight excluding hydrogens is 314 g/mol. The smallest absolute Gasteiger partial charge is 0.253 e. The van der Waals surface area contributed by atoms with Crippen LogP contribution in [0.4, 0.5) is 0 Å². The normalized spacial score (nSPS) is 19.6. The summed E-state index contributed by atoms with van der Waals surface area (Å²) in [7, 11) is 0. The molecule has 136 valence electrons. The van der Waals surface area contributed by atoms with Gasteiger partial charge < -0.3 is 15.5 Å². The molecule has 0 radical (unpaired) electrons. The summed E-state index contributed by atoms with van der Waals surface area (Å²) in [5.74, 6) is 0.958. The first-order valence-electron chi connectivity index (χ1n) is 9.57. The number of likely N-dealkylation sites (tertiary alicyclic amines) is 1. The maximum atomic E-state index is 12.4. The van der Waals surface area contributed by atoms with Gasteiger partial charge in [0.25, 0.3) is 5.91 Å². The summed E-state index contributed by atoms with van der Waals surface area (Å²) >= 11 is 0. The lowest BCUT2D eigenvalue weighted by Gasteiger charge is -2.32. The molecule has 0 saturated carbocycles. The van der Waals surface area contributed by atoms with E-state index in [0.29, 0.717) is 25.4 Å². The van der Waals surface area contributed by atoms with Gasteiger partial charge in [-0.1, -0.05) is 18.2 Å². The number of amides is 2. The van der Waals surface area contributed by atoms with Gasteiger partial charge in [0, 0.05) is 31.1 Å². The van der Waals surface area contributed by atoms with Crippen LogP contribution in [0.1, 0.15) is 48.9 Å². The van der Waals surface area contributed by atoms with Gasteiger partial charge in [0.15, 0.2) is 0 Å². The summed E-state index contributed by atoms with van der Waals surface area (Å²) in [6.07, 6.45) is 5.70. The van der Waals surface area contributed by atoms with E-state index in [2.05, 4.69) is 10.6 Å². The number of carbonyl (C=O) groups is 2. The van der Waals surface area contributed by atoms with Crippen molar-refractivity contribution in [2.45, 2.75) is 44.6 Å². The van der Waals surface area contributed by atoms with Crippen molar-refractivity contribution in [2.75, 3.05) is 26.2 Å². The molecule has 0 bridgehead atoms. The second kappa shape index (κ2) is 8.99. The fraction of sp³-hybridized carbons (Fsp3) is 0.600. The topological polar surface area (TPSA) is 61.4 Å². The first kappa shape index (κ1) is 17.9. The molecule has 2 saturated heterocycles. The summed E-state index contributed by atoms with van der Waals surface area (Å²) in [5, 5.41) is 6.53. The molecule has 25 heavy (non-hydrogen) atoms. The van der Waals surface area contributed by atoms with Crippen molar-refractivity contribution >= 4 is 11.8 Å². The monoisotopic (exact) mass is 343 g/mol. The number of nitrogens with zero attached hydrogens (tertiary/aromatic N) is 1. The maximum absolute atomic E-state index is 12.4. The SMILES string of the molecule is O=C(CCC1CCNCC1)NC1CCN(C(=O)c2ccccc2)CC1. The van der Waals surface area contributed by atoms with Crippen molar-refractivity contribution < 1.29 is 9.59 Å². The Morgan fingerprint density at radius 1 is 1.04 bits per heavy atom. The Balaban J connectivity index is 1.37. The predicted octanol–water partition coefficient (Wildman–Crippen LogP) is 2.19. The number of piperidine rings is 2. The average molecular weight is 343 g/mol. The first-order valence-corrected chi connectivity index (χ1v) is 9.57. The minimum Gasteiger partial charge on any atom is -0.353 e. The Kier molecular flexibility index (Phi) is 6.45. The molecule has 1 aromatic carbocycles. The van der Waals surface area contributed by atoms with Gasteiger partial charge in [-0.3, -0.25) is 9.59 Å². The molecule has 0 aromatic heterocycles. The van der Waals surface area contributed by atoms with Gasteiger partial charge in [-0.2, -0.15) is 0 Å². The van der Waals surface area contributed by atoms with E-state index >= 15 is 0 Å². The van der Waals surface area contributed by atoms with Crippen LogP contribution in [0.2, 0.25) is 0 Å². The third-order valence-corrected chi connectivity index (χ3v) is 5.41. The lowest BCUT2D eigenvalue weighted by atomic mass is 9.93. The standard InChI is InChI=1S/C20H29N3O2/c24-19(7-6-16-8-12-21-13-9-16)22-18-10-14-23(15-11-18)20(25)17-4-2-1-3-5-17/h1-5,16,18,21H,6-15H2,(H,22,24). The Labute approximate surface area is 150 Å². The zero-order chi connectivity index (χ0) is 17.5. The van der Waals surface area contributed by atoms with Gasteiger partial charge in [-0.25, -0.2) is 0 Å². The molecule has 0 aliphatic carbocycles. The largest absolute Gasteiger partial charge is 0.353 e. The summed E-state index contributed by atoms with van der Waals surface area (Å²) < 4.78 is 0. The summed E-state index contributed by atoms with van der Waals surface area (Å²) in [4.78, 5) is 26.5. The van der Waals surface area contributed by atoms with Crippen LogP contribution in [0.25, 0.3) is 0 Å². The maximum Gasteiger partial charge on any atom is 0.253 e. The number of benzene rings is 1.